The van der Waals surface area contributed by atoms with Crippen LogP contribution in [0.25, 0.3) is 43.0 Å². The van der Waals surface area contributed by atoms with Gasteiger partial charge in [0, 0.05) is 5.56 Å². The van der Waals surface area contributed by atoms with Gasteiger partial charge >= 0.3 is 15.9 Å². The molecule has 0 aliphatic rings. The first-order valence-electron chi connectivity index (χ1n) is 11.7. The largest absolute Gasteiger partial charge is 0.881 e. The number of rotatable bonds is 7. The predicted octanol–water partition coefficient (Wildman–Crippen LogP) is 8.29. The lowest BCUT2D eigenvalue weighted by Crippen LogP contribution is -2.11. The Kier molecular flexibility index (Phi) is 6.52. The van der Waals surface area contributed by atoms with E-state index >= 15 is 0 Å². The summed E-state index contributed by atoms with van der Waals surface area (Å²) in [5.41, 5.74) is 6.61. The van der Waals surface area contributed by atoms with E-state index in [-0.39, 0.29) is 0 Å². The number of benzene rings is 5. The Balaban J connectivity index is 1.25. The summed E-state index contributed by atoms with van der Waals surface area (Å²) in [6, 6.07) is 43.3. The van der Waals surface area contributed by atoms with Crippen molar-refractivity contribution >= 4 is 37.4 Å². The molecular weight excluding hydrogens is 477 g/mol. The molecule has 0 saturated heterocycles. The summed E-state index contributed by atoms with van der Waals surface area (Å²) in [6.45, 7) is 0. The topological polar surface area (TPSA) is 31.4 Å². The van der Waals surface area contributed by atoms with E-state index in [4.69, 9.17) is 12.6 Å². The number of hydrogen-bond donors (Lipinski definition) is 0. The van der Waals surface area contributed by atoms with E-state index in [1.165, 1.54) is 5.56 Å². The lowest BCUT2D eigenvalue weighted by atomic mass is 10.0. The van der Waals surface area contributed by atoms with Crippen molar-refractivity contribution in [3.05, 3.63) is 127 Å². The predicted molar refractivity (Wildman–Crippen MR) is 149 cm³/mol. The van der Waals surface area contributed by atoms with Crippen LogP contribution in [0.1, 0.15) is 0 Å². The minimum Gasteiger partial charge on any atom is -0.616 e. The van der Waals surface area contributed by atoms with Gasteiger partial charge in [0.15, 0.2) is 0 Å². The first-order valence-corrected chi connectivity index (χ1v) is 13.5. The Morgan fingerprint density at radius 1 is 0.556 bits per heavy atom. The van der Waals surface area contributed by atoms with Crippen molar-refractivity contribution in [2.75, 3.05) is 0 Å². The average Bonchev–Trinajstić information content (AvgIpc) is 3.39. The van der Waals surface area contributed by atoms with Crippen LogP contribution < -0.4 is 7.58 Å². The van der Waals surface area contributed by atoms with Gasteiger partial charge < -0.3 is 7.58 Å². The molecule has 0 aliphatic carbocycles. The minimum absolute atomic E-state index is 0.747. The molecule has 0 aliphatic heterocycles. The molecule has 0 atom stereocenters. The second-order valence-electron chi connectivity index (χ2n) is 8.29. The highest BCUT2D eigenvalue weighted by molar-refractivity contribution is 7.21. The summed E-state index contributed by atoms with van der Waals surface area (Å²) >= 11 is 0.929. The summed E-state index contributed by atoms with van der Waals surface area (Å²) in [7, 11) is 0. The van der Waals surface area contributed by atoms with Gasteiger partial charge in [0.1, 0.15) is 5.01 Å². The highest BCUT2D eigenvalue weighted by Gasteiger charge is 2.16. The van der Waals surface area contributed by atoms with Crippen molar-refractivity contribution in [2.24, 2.45) is 0 Å². The zero-order valence-corrected chi connectivity index (χ0v) is 21.3. The Morgan fingerprint density at radius 3 is 1.89 bits per heavy atom. The van der Waals surface area contributed by atoms with E-state index in [2.05, 4.69) is 66.7 Å². The van der Waals surface area contributed by atoms with Crippen LogP contribution in [0.2, 0.25) is 0 Å². The van der Waals surface area contributed by atoms with Crippen molar-refractivity contribution in [3.8, 4) is 44.3 Å². The molecule has 0 N–H and O–H groups in total. The smallest absolute Gasteiger partial charge is 0.616 e. The molecule has 1 aromatic heterocycles. The zero-order chi connectivity index (χ0) is 24.2. The van der Waals surface area contributed by atoms with Gasteiger partial charge in [-0.05, 0) is 58.7 Å². The minimum atomic E-state index is -0.747. The molecule has 0 saturated carbocycles. The Hall–Kier alpha value is -3.88. The maximum absolute atomic E-state index is 6.23. The lowest BCUT2D eigenvalue weighted by molar-refractivity contribution is 0.460. The first kappa shape index (κ1) is 22.6. The second-order valence-corrected chi connectivity index (χ2v) is 9.98. The van der Waals surface area contributed by atoms with Crippen molar-refractivity contribution < 1.29 is 7.58 Å². The van der Waals surface area contributed by atoms with Gasteiger partial charge in [0.25, 0.3) is 0 Å². The molecule has 5 heteroatoms. The molecule has 0 bridgehead atoms. The van der Waals surface area contributed by atoms with Gasteiger partial charge in [-0.15, -0.1) is 11.3 Å². The van der Waals surface area contributed by atoms with Crippen LogP contribution >= 0.6 is 11.3 Å². The summed E-state index contributed by atoms with van der Waals surface area (Å²) in [5, 5.41) is 0.940. The molecule has 3 nitrogen and oxygen atoms in total. The number of hydrogen-bond acceptors (Lipinski definition) is 4. The third-order valence-electron chi connectivity index (χ3n) is 5.93. The quantitative estimate of drug-likeness (QED) is 0.208. The van der Waals surface area contributed by atoms with Crippen molar-refractivity contribution in [1.29, 1.82) is 0 Å². The average molecular weight is 499 g/mol. The van der Waals surface area contributed by atoms with Gasteiger partial charge in [-0.1, -0.05) is 91.0 Å². The third kappa shape index (κ3) is 4.91. The number of thiazole rings is 1. The summed E-state index contributed by atoms with van der Waals surface area (Å²) in [4.78, 5) is 4.89. The molecule has 0 spiro atoms. The van der Waals surface area contributed by atoms with Crippen molar-refractivity contribution in [3.63, 3.8) is 0 Å². The van der Waals surface area contributed by atoms with E-state index in [1.54, 1.807) is 11.3 Å². The van der Waals surface area contributed by atoms with Crippen molar-refractivity contribution in [1.82, 2.24) is 4.98 Å². The van der Waals surface area contributed by atoms with Crippen molar-refractivity contribution in [2.45, 2.75) is 0 Å². The Morgan fingerprint density at radius 2 is 1.17 bits per heavy atom. The SMILES string of the molecule is c1ccc(-c2ccc([O][Al][O]c3ccc(-c4ccccc4)cc3-c3nc4ccccc4s3)cc2)cc1. The fourth-order valence-corrected chi connectivity index (χ4v) is 5.70. The molecule has 6 rings (SSSR count). The summed E-state index contributed by atoms with van der Waals surface area (Å²) < 4.78 is 13.4. The van der Waals surface area contributed by atoms with Crippen LogP contribution in [-0.2, 0) is 0 Å². The monoisotopic (exact) mass is 498 g/mol. The van der Waals surface area contributed by atoms with E-state index in [1.807, 2.05) is 60.7 Å². The molecule has 0 fully saturated rings. The van der Waals surface area contributed by atoms with Crippen LogP contribution in [0.5, 0.6) is 11.5 Å². The normalized spacial score (nSPS) is 10.8. The highest BCUT2D eigenvalue weighted by Crippen LogP contribution is 2.38. The Labute approximate surface area is 221 Å². The number of aromatic nitrogens is 1. The number of para-hydroxylation sites is 1. The Bertz CT molecular complexity index is 1570. The second kappa shape index (κ2) is 10.4. The third-order valence-corrected chi connectivity index (χ3v) is 7.72. The van der Waals surface area contributed by atoms with Gasteiger partial charge in [-0.25, -0.2) is 4.98 Å². The maximum Gasteiger partial charge on any atom is 0.881 e. The van der Waals surface area contributed by atoms with Crippen LogP contribution in [0.4, 0.5) is 0 Å². The van der Waals surface area contributed by atoms with Gasteiger partial charge in [-0.2, -0.15) is 0 Å². The van der Waals surface area contributed by atoms with E-state index in [0.717, 1.165) is 49.0 Å². The fourth-order valence-electron chi connectivity index (χ4n) is 4.09. The first-order chi connectivity index (χ1) is 17.8. The molecule has 6 aromatic rings. The fraction of sp³-hybridized carbons (Fsp3) is 0. The number of fused-ring (bicyclic) bond motifs is 1. The van der Waals surface area contributed by atoms with Gasteiger partial charge in [0.05, 0.1) is 21.7 Å². The van der Waals surface area contributed by atoms with Crippen LogP contribution in [0.15, 0.2) is 127 Å². The molecule has 1 heterocycles. The zero-order valence-electron chi connectivity index (χ0n) is 19.4. The van der Waals surface area contributed by atoms with Crippen LogP contribution in [0.3, 0.4) is 0 Å². The lowest BCUT2D eigenvalue weighted by Gasteiger charge is -2.13. The maximum atomic E-state index is 6.23. The molecule has 5 aromatic carbocycles. The van der Waals surface area contributed by atoms with Gasteiger partial charge in [-0.3, -0.25) is 0 Å². The molecule has 36 heavy (non-hydrogen) atoms. The molecule has 1 radical (unpaired) electrons. The van der Waals surface area contributed by atoms with Gasteiger partial charge in [0.2, 0.25) is 0 Å². The number of nitrogens with zero attached hydrogens (tertiary/aromatic N) is 1. The molecule has 0 unspecified atom stereocenters. The van der Waals surface area contributed by atoms with Crippen LogP contribution in [0, 0.1) is 0 Å². The summed E-state index contributed by atoms with van der Waals surface area (Å²) in [6.07, 6.45) is 0. The molecule has 171 valence electrons. The highest BCUT2D eigenvalue weighted by atomic mass is 32.1. The van der Waals surface area contributed by atoms with E-state index < -0.39 is 15.9 Å². The molecule has 0 amide bonds. The molecular formula is C31H21AlNO2S. The summed E-state index contributed by atoms with van der Waals surface area (Å²) in [5.74, 6) is 1.58. The van der Waals surface area contributed by atoms with E-state index in [0.29, 0.717) is 0 Å². The van der Waals surface area contributed by atoms with Crippen LogP contribution in [-0.4, -0.2) is 20.9 Å². The van der Waals surface area contributed by atoms with E-state index in [9.17, 15) is 0 Å². The standard InChI is InChI=1S/C19H13NOS.C12H10O.Al/c21-17-11-10-14(13-6-2-1-3-7-13)12-15(17)19-20-16-8-4-5-9-18(16)22-19;13-12-8-6-11(7-9-12)10-4-2-1-3-5-10;/h1-12,21H;1-9,13H;/q;;+2/p-2.